The highest BCUT2D eigenvalue weighted by atomic mass is 15.2. The van der Waals surface area contributed by atoms with Gasteiger partial charge in [-0.2, -0.15) is 0 Å². The minimum Gasteiger partial charge on any atom is -0.370 e. The Bertz CT molecular complexity index is 415. The number of benzene rings is 1. The molecule has 2 nitrogen and oxygen atoms in total. The van der Waals surface area contributed by atoms with Gasteiger partial charge in [0.05, 0.1) is 0 Å². The van der Waals surface area contributed by atoms with E-state index >= 15 is 0 Å². The zero-order valence-corrected chi connectivity index (χ0v) is 11.6. The third kappa shape index (κ3) is 2.14. The lowest BCUT2D eigenvalue weighted by atomic mass is 9.85. The summed E-state index contributed by atoms with van der Waals surface area (Å²) in [5.41, 5.74) is 4.49. The highest BCUT2D eigenvalue weighted by Crippen LogP contribution is 2.32. The second-order valence-electron chi connectivity index (χ2n) is 5.97. The van der Waals surface area contributed by atoms with Gasteiger partial charge < -0.3 is 10.2 Å². The highest BCUT2D eigenvalue weighted by Gasteiger charge is 2.31. The molecule has 2 heterocycles. The van der Waals surface area contributed by atoms with E-state index in [0.717, 1.165) is 18.3 Å². The highest BCUT2D eigenvalue weighted by molar-refractivity contribution is 5.59. The fraction of sp³-hybridized carbons (Fsp3) is 0.625. The summed E-state index contributed by atoms with van der Waals surface area (Å²) < 4.78 is 0. The Balaban J connectivity index is 1.90. The third-order valence-corrected chi connectivity index (χ3v) is 4.51. The largest absolute Gasteiger partial charge is 0.370 e. The molecule has 0 aliphatic carbocycles. The maximum Gasteiger partial charge on any atom is 0.0428 e. The number of aryl methyl sites for hydroxylation is 2. The number of hydrogen-bond acceptors (Lipinski definition) is 2. The van der Waals surface area contributed by atoms with Gasteiger partial charge in [0.25, 0.3) is 0 Å². The molecule has 1 N–H and O–H groups in total. The first kappa shape index (κ1) is 12.0. The van der Waals surface area contributed by atoms with Crippen LogP contribution in [-0.4, -0.2) is 26.2 Å². The van der Waals surface area contributed by atoms with Gasteiger partial charge in [-0.05, 0) is 55.8 Å². The van der Waals surface area contributed by atoms with E-state index in [-0.39, 0.29) is 0 Å². The molecule has 2 heteroatoms. The molecular formula is C16H24N2. The fourth-order valence-electron chi connectivity index (χ4n) is 3.75. The van der Waals surface area contributed by atoms with Crippen molar-refractivity contribution in [2.24, 2.45) is 11.8 Å². The van der Waals surface area contributed by atoms with Gasteiger partial charge in [0.15, 0.2) is 0 Å². The van der Waals surface area contributed by atoms with Crippen molar-refractivity contribution in [3.8, 4) is 0 Å². The summed E-state index contributed by atoms with van der Waals surface area (Å²) in [6.07, 6.45) is 2.57. The van der Waals surface area contributed by atoms with E-state index < -0.39 is 0 Å². The molecule has 2 bridgehead atoms. The molecule has 0 saturated carbocycles. The van der Waals surface area contributed by atoms with E-state index in [1.165, 1.54) is 49.4 Å². The molecule has 2 aliphatic heterocycles. The molecular weight excluding hydrogens is 220 g/mol. The van der Waals surface area contributed by atoms with E-state index in [1.807, 2.05) is 0 Å². The molecule has 2 saturated heterocycles. The maximum absolute atomic E-state index is 3.58. The average Bonchev–Trinajstić information content (AvgIpc) is 2.37. The molecule has 98 valence electrons. The van der Waals surface area contributed by atoms with Crippen molar-refractivity contribution in [1.82, 2.24) is 5.32 Å². The molecule has 2 aliphatic rings. The second-order valence-corrected chi connectivity index (χ2v) is 5.97. The van der Waals surface area contributed by atoms with Crippen LogP contribution in [0.2, 0.25) is 0 Å². The van der Waals surface area contributed by atoms with Crippen LogP contribution in [0.25, 0.3) is 0 Å². The summed E-state index contributed by atoms with van der Waals surface area (Å²) >= 11 is 0. The Morgan fingerprint density at radius 2 is 1.94 bits per heavy atom. The Kier molecular flexibility index (Phi) is 3.29. The van der Waals surface area contributed by atoms with Gasteiger partial charge in [-0.1, -0.05) is 25.1 Å². The van der Waals surface area contributed by atoms with Crippen LogP contribution >= 0.6 is 0 Å². The van der Waals surface area contributed by atoms with Crippen LogP contribution in [0, 0.1) is 18.8 Å². The van der Waals surface area contributed by atoms with Crippen LogP contribution in [0.3, 0.4) is 0 Å². The number of piperidine rings is 2. The van der Waals surface area contributed by atoms with Crippen molar-refractivity contribution >= 4 is 5.69 Å². The van der Waals surface area contributed by atoms with Gasteiger partial charge in [0, 0.05) is 18.8 Å². The van der Waals surface area contributed by atoms with Crippen molar-refractivity contribution in [2.45, 2.75) is 26.7 Å². The standard InChI is InChI=1S/C16H24N2/c1-3-15-6-4-5-12(2)16(15)18-10-13-7-14(11-18)9-17-8-13/h4-6,13-14,17H,3,7-11H2,1-2H3. The zero-order valence-electron chi connectivity index (χ0n) is 11.6. The van der Waals surface area contributed by atoms with E-state index in [9.17, 15) is 0 Å². The predicted molar refractivity (Wildman–Crippen MR) is 77.2 cm³/mol. The summed E-state index contributed by atoms with van der Waals surface area (Å²) in [4.78, 5) is 2.66. The van der Waals surface area contributed by atoms with Crippen LogP contribution in [0.1, 0.15) is 24.5 Å². The number of para-hydroxylation sites is 1. The topological polar surface area (TPSA) is 15.3 Å². The molecule has 0 spiro atoms. The van der Waals surface area contributed by atoms with Crippen LogP contribution < -0.4 is 10.2 Å². The zero-order chi connectivity index (χ0) is 12.5. The Labute approximate surface area is 110 Å². The van der Waals surface area contributed by atoms with Crippen molar-refractivity contribution < 1.29 is 0 Å². The Hall–Kier alpha value is -1.02. The molecule has 2 unspecified atom stereocenters. The lowest BCUT2D eigenvalue weighted by Gasteiger charge is -2.44. The minimum atomic E-state index is 0.849. The number of hydrogen-bond donors (Lipinski definition) is 1. The normalized spacial score (nSPS) is 27.3. The van der Waals surface area contributed by atoms with E-state index in [1.54, 1.807) is 0 Å². The smallest absolute Gasteiger partial charge is 0.0428 e. The number of nitrogens with one attached hydrogen (secondary N) is 1. The summed E-state index contributed by atoms with van der Waals surface area (Å²) in [6.45, 7) is 9.42. The third-order valence-electron chi connectivity index (χ3n) is 4.51. The summed E-state index contributed by atoms with van der Waals surface area (Å²) in [5, 5.41) is 3.58. The predicted octanol–water partition coefficient (Wildman–Crippen LogP) is 2.60. The van der Waals surface area contributed by atoms with Crippen molar-refractivity contribution in [1.29, 1.82) is 0 Å². The number of fused-ring (bicyclic) bond motifs is 2. The second kappa shape index (κ2) is 4.93. The number of rotatable bonds is 2. The monoisotopic (exact) mass is 244 g/mol. The summed E-state index contributed by atoms with van der Waals surface area (Å²) in [6, 6.07) is 6.76. The van der Waals surface area contributed by atoms with Crippen molar-refractivity contribution in [2.75, 3.05) is 31.1 Å². The minimum absolute atomic E-state index is 0.849. The first-order valence-corrected chi connectivity index (χ1v) is 7.32. The molecule has 3 rings (SSSR count). The molecule has 1 aromatic rings. The Morgan fingerprint density at radius 1 is 1.22 bits per heavy atom. The quantitative estimate of drug-likeness (QED) is 0.860. The fourth-order valence-corrected chi connectivity index (χ4v) is 3.75. The van der Waals surface area contributed by atoms with E-state index in [2.05, 4.69) is 42.3 Å². The van der Waals surface area contributed by atoms with Crippen molar-refractivity contribution in [3.63, 3.8) is 0 Å². The van der Waals surface area contributed by atoms with E-state index in [4.69, 9.17) is 0 Å². The summed E-state index contributed by atoms with van der Waals surface area (Å²) in [7, 11) is 0. The van der Waals surface area contributed by atoms with Gasteiger partial charge in [0.1, 0.15) is 0 Å². The SMILES string of the molecule is CCc1cccc(C)c1N1CC2CNCC(C2)C1. The van der Waals surface area contributed by atoms with Crippen LogP contribution in [0.4, 0.5) is 5.69 Å². The Morgan fingerprint density at radius 3 is 2.61 bits per heavy atom. The van der Waals surface area contributed by atoms with Gasteiger partial charge in [-0.15, -0.1) is 0 Å². The molecule has 0 radical (unpaired) electrons. The van der Waals surface area contributed by atoms with Crippen LogP contribution in [0.15, 0.2) is 18.2 Å². The molecule has 0 amide bonds. The van der Waals surface area contributed by atoms with Gasteiger partial charge >= 0.3 is 0 Å². The molecule has 18 heavy (non-hydrogen) atoms. The average molecular weight is 244 g/mol. The van der Waals surface area contributed by atoms with Gasteiger partial charge in [-0.3, -0.25) is 0 Å². The number of nitrogens with zero attached hydrogens (tertiary/aromatic N) is 1. The van der Waals surface area contributed by atoms with Crippen molar-refractivity contribution in [3.05, 3.63) is 29.3 Å². The first-order valence-electron chi connectivity index (χ1n) is 7.32. The molecule has 2 atom stereocenters. The van der Waals surface area contributed by atoms with Crippen LogP contribution in [0.5, 0.6) is 0 Å². The summed E-state index contributed by atoms with van der Waals surface area (Å²) in [5.74, 6) is 1.70. The molecule has 1 aromatic carbocycles. The lowest BCUT2D eigenvalue weighted by Crippen LogP contribution is -2.51. The van der Waals surface area contributed by atoms with Crippen LogP contribution in [-0.2, 0) is 6.42 Å². The van der Waals surface area contributed by atoms with Gasteiger partial charge in [-0.25, -0.2) is 0 Å². The van der Waals surface area contributed by atoms with E-state index in [0.29, 0.717) is 0 Å². The molecule has 0 aromatic heterocycles. The lowest BCUT2D eigenvalue weighted by molar-refractivity contribution is 0.249. The first-order chi connectivity index (χ1) is 8.78. The van der Waals surface area contributed by atoms with Gasteiger partial charge in [0.2, 0.25) is 0 Å². The number of anilines is 1. The maximum atomic E-state index is 3.58. The molecule has 2 fully saturated rings.